The first-order chi connectivity index (χ1) is 25.9. The van der Waals surface area contributed by atoms with Crippen molar-refractivity contribution in [3.63, 3.8) is 0 Å². The lowest BCUT2D eigenvalue weighted by molar-refractivity contribution is -0.158. The van der Waals surface area contributed by atoms with Crippen LogP contribution in [0.5, 0.6) is 0 Å². The standard InChI is InChI=1S/C37H48N8O9/c1-21-16-29-36(51)53-20-26(39-31(46)25(18-24-10-5-4-6-11-24)40-37(52)41-30-17-22(2)54-42-30)34(49)44-15-9-13-28(44)35(50)43-14-8-7-12-27(43)32(47)38-23(3)33(48)45(29)19-21/h4-6,10-11,17,21,23,25-29H,7-9,12-16,18-20H2,1-3H3,(H,38,47)(H,39,46)(H2,40,41,42,52)/t21-,23-,25-,26-,27?,28-,29-/m0/s1. The van der Waals surface area contributed by atoms with Crippen molar-refractivity contribution in [1.29, 1.82) is 0 Å². The molecule has 4 fully saturated rings. The zero-order valence-electron chi connectivity index (χ0n) is 30.7. The third-order valence-corrected chi connectivity index (χ3v) is 10.5. The van der Waals surface area contributed by atoms with Crippen molar-refractivity contribution in [2.24, 2.45) is 5.92 Å². The van der Waals surface area contributed by atoms with Crippen molar-refractivity contribution in [3.05, 3.63) is 47.7 Å². The highest BCUT2D eigenvalue weighted by Gasteiger charge is 2.46. The number of hydrogen-bond acceptors (Lipinski definition) is 10. The van der Waals surface area contributed by atoms with Crippen molar-refractivity contribution in [2.75, 3.05) is 31.6 Å². The molecule has 6 rings (SSSR count). The average Bonchev–Trinajstić information content (AvgIpc) is 3.91. The molecule has 1 aromatic carbocycles. The van der Waals surface area contributed by atoms with Crippen LogP contribution in [-0.2, 0) is 39.9 Å². The van der Waals surface area contributed by atoms with E-state index in [-0.39, 0.29) is 31.2 Å². The number of benzene rings is 1. The Morgan fingerprint density at radius 2 is 1.63 bits per heavy atom. The number of carbonyl (C=O) groups excluding carboxylic acids is 7. The predicted molar refractivity (Wildman–Crippen MR) is 191 cm³/mol. The smallest absolute Gasteiger partial charge is 0.328 e. The fourth-order valence-corrected chi connectivity index (χ4v) is 7.78. The highest BCUT2D eigenvalue weighted by atomic mass is 16.5. The molecule has 17 heteroatoms. The molecule has 0 radical (unpaired) electrons. The lowest BCUT2D eigenvalue weighted by Gasteiger charge is -2.39. The van der Waals surface area contributed by atoms with Gasteiger partial charge in [-0.25, -0.2) is 9.59 Å². The average molecular weight is 749 g/mol. The third kappa shape index (κ3) is 8.66. The molecule has 1 unspecified atom stereocenters. The molecule has 7 atom stereocenters. The quantitative estimate of drug-likeness (QED) is 0.306. The maximum atomic E-state index is 14.4. The van der Waals surface area contributed by atoms with Gasteiger partial charge in [0.25, 0.3) is 0 Å². The minimum absolute atomic E-state index is 0.0388. The van der Waals surface area contributed by atoms with Crippen molar-refractivity contribution in [1.82, 2.24) is 35.8 Å². The number of nitrogens with one attached hydrogen (secondary N) is 4. The number of rotatable bonds is 6. The molecule has 17 nitrogen and oxygen atoms in total. The maximum Gasteiger partial charge on any atom is 0.328 e. The number of aryl methyl sites for hydroxylation is 1. The summed E-state index contributed by atoms with van der Waals surface area (Å²) >= 11 is 0. The number of piperidine rings is 1. The van der Waals surface area contributed by atoms with Crippen molar-refractivity contribution >= 4 is 47.4 Å². The van der Waals surface area contributed by atoms with Crippen LogP contribution in [-0.4, -0.2) is 124 Å². The number of anilines is 1. The van der Waals surface area contributed by atoms with Gasteiger partial charge in [0.15, 0.2) is 5.82 Å². The van der Waals surface area contributed by atoms with Gasteiger partial charge >= 0.3 is 12.0 Å². The molecule has 0 saturated carbocycles. The molecule has 4 aliphatic rings. The summed E-state index contributed by atoms with van der Waals surface area (Å²) in [5, 5.41) is 14.4. The zero-order chi connectivity index (χ0) is 38.5. The summed E-state index contributed by atoms with van der Waals surface area (Å²) in [5.41, 5.74) is 0.714. The van der Waals surface area contributed by atoms with Crippen LogP contribution in [0.15, 0.2) is 40.9 Å². The van der Waals surface area contributed by atoms with Crippen LogP contribution in [0, 0.1) is 12.8 Å². The number of aromatic nitrogens is 1. The second kappa shape index (κ2) is 16.7. The molecule has 0 aliphatic carbocycles. The van der Waals surface area contributed by atoms with Gasteiger partial charge in [-0.15, -0.1) is 0 Å². The van der Waals surface area contributed by atoms with E-state index in [4.69, 9.17) is 9.26 Å². The van der Waals surface area contributed by atoms with E-state index in [9.17, 15) is 33.6 Å². The molecule has 4 aliphatic heterocycles. The minimum Gasteiger partial charge on any atom is -0.461 e. The Balaban J connectivity index is 1.29. The van der Waals surface area contributed by atoms with E-state index in [0.717, 1.165) is 0 Å². The number of urea groups is 1. The number of hydrogen-bond donors (Lipinski definition) is 4. The van der Waals surface area contributed by atoms with E-state index in [1.807, 2.05) is 13.0 Å². The second-order valence-electron chi connectivity index (χ2n) is 14.7. The zero-order valence-corrected chi connectivity index (χ0v) is 30.7. The Bertz CT molecular complexity index is 1750. The second-order valence-corrected chi connectivity index (χ2v) is 14.7. The molecule has 7 amide bonds. The summed E-state index contributed by atoms with van der Waals surface area (Å²) in [6, 6.07) is 3.33. The molecule has 2 aromatic rings. The molecular formula is C37H48N8O9. The molecule has 290 valence electrons. The molecule has 5 heterocycles. The number of ether oxygens (including phenoxy) is 1. The fraction of sp³-hybridized carbons (Fsp3) is 0.568. The lowest BCUT2D eigenvalue weighted by Crippen LogP contribution is -2.62. The van der Waals surface area contributed by atoms with E-state index in [2.05, 4.69) is 26.4 Å². The lowest BCUT2D eigenvalue weighted by atomic mass is 9.99. The highest BCUT2D eigenvalue weighted by molar-refractivity contribution is 5.98. The molecule has 4 N–H and O–H groups in total. The van der Waals surface area contributed by atoms with E-state index < -0.39 is 84.4 Å². The van der Waals surface area contributed by atoms with E-state index in [1.54, 1.807) is 38.1 Å². The number of cyclic esters (lactones) is 1. The Morgan fingerprint density at radius 3 is 2.37 bits per heavy atom. The van der Waals surface area contributed by atoms with Crippen LogP contribution in [0.3, 0.4) is 0 Å². The molecule has 54 heavy (non-hydrogen) atoms. The molecule has 4 saturated heterocycles. The van der Waals surface area contributed by atoms with Crippen LogP contribution in [0.25, 0.3) is 0 Å². The van der Waals surface area contributed by atoms with Crippen LogP contribution in [0.1, 0.15) is 63.7 Å². The SMILES string of the molecule is Cc1cc(NC(=O)N[C@@H](Cc2ccccc2)C(=O)N[C@H]2COC(=O)[C@@H]3C[C@H](C)CN3C(=O)[C@H](C)NC(=O)C3CCCCN3C(=O)[C@@H]3CCCN3C2=O)no1. The van der Waals surface area contributed by atoms with Gasteiger partial charge in [-0.1, -0.05) is 42.4 Å². The number of fused-ring (bicyclic) bond motifs is 3. The normalized spacial score (nSPS) is 27.3. The van der Waals surface area contributed by atoms with E-state index in [0.29, 0.717) is 56.4 Å². The van der Waals surface area contributed by atoms with Gasteiger partial charge in [0.1, 0.15) is 48.6 Å². The summed E-state index contributed by atoms with van der Waals surface area (Å²) < 4.78 is 10.7. The number of esters is 1. The van der Waals surface area contributed by atoms with E-state index >= 15 is 0 Å². The Kier molecular flexibility index (Phi) is 11.8. The first kappa shape index (κ1) is 38.3. The highest BCUT2D eigenvalue weighted by Crippen LogP contribution is 2.28. The Hall–Kier alpha value is -5.48. The van der Waals surface area contributed by atoms with Crippen molar-refractivity contribution < 1.29 is 42.8 Å². The Labute approximate surface area is 312 Å². The van der Waals surface area contributed by atoms with Crippen LogP contribution >= 0.6 is 0 Å². The summed E-state index contributed by atoms with van der Waals surface area (Å²) in [7, 11) is 0. The summed E-state index contributed by atoms with van der Waals surface area (Å²) in [6.07, 6.45) is 2.94. The largest absolute Gasteiger partial charge is 0.461 e. The maximum absolute atomic E-state index is 14.4. The summed E-state index contributed by atoms with van der Waals surface area (Å²) in [5.74, 6) is -2.96. The summed E-state index contributed by atoms with van der Waals surface area (Å²) in [6.45, 7) is 5.28. The predicted octanol–water partition coefficient (Wildman–Crippen LogP) is 0.871. The van der Waals surface area contributed by atoms with Crippen molar-refractivity contribution in [3.8, 4) is 0 Å². The monoisotopic (exact) mass is 748 g/mol. The van der Waals surface area contributed by atoms with Gasteiger partial charge in [-0.2, -0.15) is 0 Å². The first-order valence-electron chi connectivity index (χ1n) is 18.6. The topological polar surface area (TPSA) is 213 Å². The van der Waals surface area contributed by atoms with Gasteiger partial charge in [-0.3, -0.25) is 29.3 Å². The van der Waals surface area contributed by atoms with E-state index in [1.165, 1.54) is 20.8 Å². The number of amides is 7. The van der Waals surface area contributed by atoms with Gasteiger partial charge in [0, 0.05) is 32.1 Å². The van der Waals surface area contributed by atoms with Crippen LogP contribution in [0.2, 0.25) is 0 Å². The molecular weight excluding hydrogens is 700 g/mol. The van der Waals surface area contributed by atoms with Gasteiger partial charge < -0.3 is 39.9 Å². The van der Waals surface area contributed by atoms with Gasteiger partial charge in [-0.05, 0) is 63.9 Å². The number of nitrogens with zero attached hydrogens (tertiary/aromatic N) is 4. The minimum atomic E-state index is -1.45. The number of carbonyl (C=O) groups is 7. The van der Waals surface area contributed by atoms with Crippen molar-refractivity contribution in [2.45, 2.75) is 102 Å². The molecule has 0 spiro atoms. The summed E-state index contributed by atoms with van der Waals surface area (Å²) in [4.78, 5) is 101. The molecule has 1 aromatic heterocycles. The van der Waals surface area contributed by atoms with Gasteiger partial charge in [0.2, 0.25) is 29.5 Å². The van der Waals surface area contributed by atoms with Crippen LogP contribution in [0.4, 0.5) is 10.6 Å². The molecule has 0 bridgehead atoms. The third-order valence-electron chi connectivity index (χ3n) is 10.5. The first-order valence-corrected chi connectivity index (χ1v) is 18.6. The van der Waals surface area contributed by atoms with Gasteiger partial charge in [0.05, 0.1) is 0 Å². The van der Waals surface area contributed by atoms with Crippen LogP contribution < -0.4 is 21.3 Å². The fourth-order valence-electron chi connectivity index (χ4n) is 7.78. The Morgan fingerprint density at radius 1 is 0.907 bits per heavy atom.